The lowest BCUT2D eigenvalue weighted by atomic mass is 9.88. The van der Waals surface area contributed by atoms with Gasteiger partial charge in [-0.05, 0) is 71.0 Å². The van der Waals surface area contributed by atoms with Gasteiger partial charge in [-0.3, -0.25) is 0 Å². The topological polar surface area (TPSA) is 30.7 Å². The molecule has 3 nitrogen and oxygen atoms in total. The molecule has 6 aromatic carbocycles. The molecule has 2 atom stereocenters. The number of aromatic nitrogens is 3. The van der Waals surface area contributed by atoms with Crippen molar-refractivity contribution in [3.8, 4) is 22.6 Å². The maximum absolute atomic E-state index is 5.32. The second-order valence-electron chi connectivity index (χ2n) is 14.9. The third-order valence-electron chi connectivity index (χ3n) is 11.5. The fourth-order valence-electron chi connectivity index (χ4n) is 8.79. The summed E-state index contributed by atoms with van der Waals surface area (Å²) in [6.45, 7) is 0. The van der Waals surface area contributed by atoms with Crippen molar-refractivity contribution in [1.82, 2.24) is 14.5 Å². The first-order chi connectivity index (χ1) is 27.7. The quantitative estimate of drug-likeness (QED) is 0.170. The zero-order valence-corrected chi connectivity index (χ0v) is 31.5. The van der Waals surface area contributed by atoms with Crippen molar-refractivity contribution in [2.45, 2.75) is 24.8 Å². The minimum absolute atomic E-state index is 0.113. The normalized spacial score (nSPS) is 16.6. The van der Waals surface area contributed by atoms with Crippen molar-refractivity contribution in [2.75, 3.05) is 0 Å². The van der Waals surface area contributed by atoms with Crippen LogP contribution >= 0.6 is 11.3 Å². The zero-order chi connectivity index (χ0) is 37.0. The van der Waals surface area contributed by atoms with E-state index < -0.39 is 0 Å². The molecule has 0 aliphatic heterocycles. The summed E-state index contributed by atoms with van der Waals surface area (Å²) in [5.74, 6) is 1.09. The Labute approximate surface area is 330 Å². The van der Waals surface area contributed by atoms with Crippen LogP contribution in [0, 0.1) is 0 Å². The van der Waals surface area contributed by atoms with Crippen LogP contribution in [0.25, 0.3) is 71.8 Å². The van der Waals surface area contributed by atoms with E-state index in [4.69, 9.17) is 9.97 Å². The molecular weight excluding hydrogens is 699 g/mol. The van der Waals surface area contributed by atoms with Crippen molar-refractivity contribution >= 4 is 60.5 Å². The number of para-hydroxylation sites is 1. The molecule has 4 heteroatoms. The van der Waals surface area contributed by atoms with E-state index in [-0.39, 0.29) is 6.04 Å². The lowest BCUT2D eigenvalue weighted by Gasteiger charge is -2.27. The minimum Gasteiger partial charge on any atom is -0.332 e. The maximum Gasteiger partial charge on any atom is 0.160 e. The van der Waals surface area contributed by atoms with Gasteiger partial charge in [0.2, 0.25) is 0 Å². The van der Waals surface area contributed by atoms with E-state index in [1.807, 2.05) is 11.3 Å². The SMILES string of the molecule is C1=CC(c2ccccc2)CC=C1c1cc(-c2ccccc2)nc(-c2ccc3c4ccccc4n(C4CC(c5ccccc5)=Cc5c4sc4ccccc54)c3c2)n1. The first-order valence-electron chi connectivity index (χ1n) is 19.4. The fourth-order valence-corrected chi connectivity index (χ4v) is 10.1. The summed E-state index contributed by atoms with van der Waals surface area (Å²) in [4.78, 5) is 12.0. The van der Waals surface area contributed by atoms with Crippen molar-refractivity contribution in [3.05, 3.63) is 209 Å². The molecule has 266 valence electrons. The second kappa shape index (κ2) is 13.6. The lowest BCUT2D eigenvalue weighted by Crippen LogP contribution is -2.14. The van der Waals surface area contributed by atoms with E-state index in [1.165, 1.54) is 59.0 Å². The maximum atomic E-state index is 5.32. The molecule has 0 amide bonds. The van der Waals surface area contributed by atoms with Crippen molar-refractivity contribution in [2.24, 2.45) is 0 Å². The van der Waals surface area contributed by atoms with Crippen molar-refractivity contribution in [1.29, 1.82) is 0 Å². The summed E-state index contributed by atoms with van der Waals surface area (Å²) in [6.07, 6.45) is 11.2. The predicted molar refractivity (Wildman–Crippen MR) is 236 cm³/mol. The van der Waals surface area contributed by atoms with Crippen LogP contribution in [0.3, 0.4) is 0 Å². The predicted octanol–water partition coefficient (Wildman–Crippen LogP) is 13.8. The monoisotopic (exact) mass is 735 g/mol. The second-order valence-corrected chi connectivity index (χ2v) is 15.9. The molecule has 56 heavy (non-hydrogen) atoms. The van der Waals surface area contributed by atoms with Gasteiger partial charge in [-0.2, -0.15) is 0 Å². The highest BCUT2D eigenvalue weighted by molar-refractivity contribution is 7.19. The summed E-state index contributed by atoms with van der Waals surface area (Å²) in [7, 11) is 0. The number of hydrogen-bond donors (Lipinski definition) is 0. The van der Waals surface area contributed by atoms with Crippen LogP contribution in [0.4, 0.5) is 0 Å². The number of nitrogens with zero attached hydrogens (tertiary/aromatic N) is 3. The summed E-state index contributed by atoms with van der Waals surface area (Å²) in [5, 5.41) is 3.83. The van der Waals surface area contributed by atoms with E-state index in [1.54, 1.807) is 0 Å². The number of thiophene rings is 1. The molecular formula is C52H37N3S. The zero-order valence-electron chi connectivity index (χ0n) is 30.7. The molecule has 3 heterocycles. The third-order valence-corrected chi connectivity index (χ3v) is 12.8. The van der Waals surface area contributed by atoms with Gasteiger partial charge in [-0.25, -0.2) is 9.97 Å². The van der Waals surface area contributed by atoms with Gasteiger partial charge < -0.3 is 4.57 Å². The van der Waals surface area contributed by atoms with Gasteiger partial charge in [0, 0.05) is 48.3 Å². The van der Waals surface area contributed by atoms with E-state index in [0.717, 1.165) is 46.8 Å². The summed E-state index contributed by atoms with van der Waals surface area (Å²) >= 11 is 1.93. The van der Waals surface area contributed by atoms with Crippen LogP contribution in [0.5, 0.6) is 0 Å². The van der Waals surface area contributed by atoms with Gasteiger partial charge in [0.1, 0.15) is 0 Å². The number of rotatable bonds is 6. The largest absolute Gasteiger partial charge is 0.332 e. The first kappa shape index (κ1) is 32.8. The van der Waals surface area contributed by atoms with E-state index in [0.29, 0.717) is 5.92 Å². The van der Waals surface area contributed by atoms with Gasteiger partial charge in [0.25, 0.3) is 0 Å². The number of allylic oxidation sites excluding steroid dienone is 5. The Kier molecular flexibility index (Phi) is 7.96. The highest BCUT2D eigenvalue weighted by Gasteiger charge is 2.30. The molecule has 9 aromatic rings. The third kappa shape index (κ3) is 5.64. The van der Waals surface area contributed by atoms with Crippen LogP contribution in [-0.4, -0.2) is 14.5 Å². The van der Waals surface area contributed by atoms with E-state index in [2.05, 4.69) is 193 Å². The van der Waals surface area contributed by atoms with Crippen LogP contribution in [0.2, 0.25) is 0 Å². The molecule has 0 saturated carbocycles. The van der Waals surface area contributed by atoms with Gasteiger partial charge in [0.05, 0.1) is 22.9 Å². The molecule has 3 aromatic heterocycles. The molecule has 0 saturated heterocycles. The summed E-state index contributed by atoms with van der Waals surface area (Å²) in [5.41, 5.74) is 12.8. The molecule has 2 aliphatic rings. The standard InChI is InChI=1S/C52H37N3S/c1-4-14-34(15-5-1)36-24-26-38(27-25-36)46-33-45(37-18-8-3-9-19-37)53-52(54-46)39-28-29-42-41-20-10-12-22-47(41)55(48(42)31-39)49-32-40(35-16-6-2-7-17-35)30-44-43-21-11-13-23-50(43)56-51(44)49/h1-24,26-31,33,36,49H,25,32H2. The van der Waals surface area contributed by atoms with Crippen LogP contribution in [0.1, 0.15) is 52.1 Å². The van der Waals surface area contributed by atoms with Crippen LogP contribution in [0.15, 0.2) is 182 Å². The Balaban J connectivity index is 1.08. The Morgan fingerprint density at radius 2 is 1.25 bits per heavy atom. The van der Waals surface area contributed by atoms with Crippen LogP contribution < -0.4 is 0 Å². The highest BCUT2D eigenvalue weighted by atomic mass is 32.1. The number of hydrogen-bond acceptors (Lipinski definition) is 3. The van der Waals surface area contributed by atoms with Gasteiger partial charge >= 0.3 is 0 Å². The smallest absolute Gasteiger partial charge is 0.160 e. The molecule has 0 bridgehead atoms. The van der Waals surface area contributed by atoms with Gasteiger partial charge in [-0.1, -0.05) is 158 Å². The highest BCUT2D eigenvalue weighted by Crippen LogP contribution is 2.49. The summed E-state index contributed by atoms with van der Waals surface area (Å²) < 4.78 is 3.94. The van der Waals surface area contributed by atoms with Crippen molar-refractivity contribution in [3.63, 3.8) is 0 Å². The Morgan fingerprint density at radius 1 is 0.571 bits per heavy atom. The average Bonchev–Trinajstić information content (AvgIpc) is 3.82. The molecule has 0 radical (unpaired) electrons. The van der Waals surface area contributed by atoms with Gasteiger partial charge in [-0.15, -0.1) is 11.3 Å². The van der Waals surface area contributed by atoms with Crippen LogP contribution in [-0.2, 0) is 0 Å². The van der Waals surface area contributed by atoms with E-state index in [9.17, 15) is 0 Å². The molecule has 2 unspecified atom stereocenters. The van der Waals surface area contributed by atoms with Crippen molar-refractivity contribution < 1.29 is 0 Å². The molecule has 0 fully saturated rings. The number of fused-ring (bicyclic) bond motifs is 6. The summed E-state index contributed by atoms with van der Waals surface area (Å²) in [6, 6.07) is 59.0. The molecule has 0 spiro atoms. The average molecular weight is 736 g/mol. The molecule has 0 N–H and O–H groups in total. The Morgan fingerprint density at radius 3 is 2.04 bits per heavy atom. The molecule has 2 aliphatic carbocycles. The Bertz CT molecular complexity index is 3020. The lowest BCUT2D eigenvalue weighted by molar-refractivity contribution is 0.646. The van der Waals surface area contributed by atoms with Gasteiger partial charge in [0.15, 0.2) is 5.82 Å². The minimum atomic E-state index is 0.113. The fraction of sp³-hybridized carbons (Fsp3) is 0.0769. The van der Waals surface area contributed by atoms with E-state index >= 15 is 0 Å². The Hall–Kier alpha value is -6.62. The first-order valence-corrected chi connectivity index (χ1v) is 20.3. The number of benzene rings is 6. The molecule has 11 rings (SSSR count).